The lowest BCUT2D eigenvalue weighted by molar-refractivity contribution is -0.0326. The van der Waals surface area contributed by atoms with Gasteiger partial charge in [-0.25, -0.2) is 0 Å². The first-order valence-corrected chi connectivity index (χ1v) is 6.21. The monoisotopic (exact) mass is 248 g/mol. The molecule has 3 N–H and O–H groups in total. The summed E-state index contributed by atoms with van der Waals surface area (Å²) in [6, 6.07) is 7.24. The van der Waals surface area contributed by atoms with Gasteiger partial charge >= 0.3 is 0 Å². The van der Waals surface area contributed by atoms with Gasteiger partial charge in [0.15, 0.2) is 0 Å². The van der Waals surface area contributed by atoms with Gasteiger partial charge in [0, 0.05) is 5.56 Å². The molecule has 0 aromatic heterocycles. The van der Waals surface area contributed by atoms with Crippen molar-refractivity contribution in [2.45, 2.75) is 38.4 Å². The summed E-state index contributed by atoms with van der Waals surface area (Å²) in [5.74, 6) is 0.857. The van der Waals surface area contributed by atoms with Gasteiger partial charge in [0.05, 0.1) is 11.7 Å². The molecule has 18 heavy (non-hydrogen) atoms. The SMILES string of the molecule is CC1(C)CCC(COc2ccc(C(=N)N)cc2)O1. The van der Waals surface area contributed by atoms with E-state index in [2.05, 4.69) is 13.8 Å². The highest BCUT2D eigenvalue weighted by Crippen LogP contribution is 2.29. The van der Waals surface area contributed by atoms with Gasteiger partial charge in [-0.3, -0.25) is 5.41 Å². The molecule has 98 valence electrons. The second kappa shape index (κ2) is 4.98. The molecule has 1 heterocycles. The van der Waals surface area contributed by atoms with Crippen LogP contribution in [0.25, 0.3) is 0 Å². The van der Waals surface area contributed by atoms with Gasteiger partial charge in [-0.1, -0.05) is 0 Å². The Bertz CT molecular complexity index is 426. The lowest BCUT2D eigenvalue weighted by Crippen LogP contribution is -2.23. The quantitative estimate of drug-likeness (QED) is 0.634. The number of hydrogen-bond acceptors (Lipinski definition) is 3. The van der Waals surface area contributed by atoms with Crippen LogP contribution in [-0.4, -0.2) is 24.1 Å². The van der Waals surface area contributed by atoms with Crippen molar-refractivity contribution in [2.24, 2.45) is 5.73 Å². The van der Waals surface area contributed by atoms with E-state index in [0.29, 0.717) is 12.2 Å². The molecular formula is C14H20N2O2. The van der Waals surface area contributed by atoms with Crippen molar-refractivity contribution in [3.8, 4) is 5.75 Å². The fraction of sp³-hybridized carbons (Fsp3) is 0.500. The third-order valence-electron chi connectivity index (χ3n) is 3.16. The highest BCUT2D eigenvalue weighted by atomic mass is 16.6. The second-order valence-electron chi connectivity index (χ2n) is 5.29. The van der Waals surface area contributed by atoms with Crippen molar-refractivity contribution in [1.29, 1.82) is 5.41 Å². The number of amidine groups is 1. The summed E-state index contributed by atoms with van der Waals surface area (Å²) in [4.78, 5) is 0. The molecule has 1 aromatic carbocycles. The molecular weight excluding hydrogens is 228 g/mol. The highest BCUT2D eigenvalue weighted by Gasteiger charge is 2.31. The molecule has 4 heteroatoms. The van der Waals surface area contributed by atoms with Crippen molar-refractivity contribution in [3.63, 3.8) is 0 Å². The third-order valence-corrected chi connectivity index (χ3v) is 3.16. The molecule has 1 atom stereocenters. The number of rotatable bonds is 4. The largest absolute Gasteiger partial charge is 0.491 e. The van der Waals surface area contributed by atoms with Crippen LogP contribution in [-0.2, 0) is 4.74 Å². The molecule has 1 aliphatic rings. The predicted octanol–water partition coefficient (Wildman–Crippen LogP) is 2.31. The first-order valence-electron chi connectivity index (χ1n) is 6.21. The van der Waals surface area contributed by atoms with Crippen molar-refractivity contribution in [1.82, 2.24) is 0 Å². The molecule has 1 aliphatic heterocycles. The van der Waals surface area contributed by atoms with E-state index < -0.39 is 0 Å². The Kier molecular flexibility index (Phi) is 3.57. The molecule has 0 spiro atoms. The maximum Gasteiger partial charge on any atom is 0.122 e. The van der Waals surface area contributed by atoms with Gasteiger partial charge in [-0.05, 0) is 51.0 Å². The number of nitrogens with two attached hydrogens (primary N) is 1. The molecule has 0 saturated carbocycles. The van der Waals surface area contributed by atoms with E-state index in [4.69, 9.17) is 20.6 Å². The number of nitrogen functional groups attached to an aromatic ring is 1. The zero-order chi connectivity index (χ0) is 13.2. The van der Waals surface area contributed by atoms with Crippen LogP contribution in [0.15, 0.2) is 24.3 Å². The van der Waals surface area contributed by atoms with Crippen molar-refractivity contribution in [3.05, 3.63) is 29.8 Å². The van der Waals surface area contributed by atoms with E-state index in [1.807, 2.05) is 12.1 Å². The van der Waals surface area contributed by atoms with Crippen molar-refractivity contribution >= 4 is 5.84 Å². The topological polar surface area (TPSA) is 68.3 Å². The molecule has 1 aromatic rings. The Balaban J connectivity index is 1.85. The molecule has 0 aliphatic carbocycles. The number of nitrogens with one attached hydrogen (secondary N) is 1. The minimum absolute atomic E-state index is 0.0213. The van der Waals surface area contributed by atoms with E-state index in [0.717, 1.165) is 18.6 Å². The zero-order valence-electron chi connectivity index (χ0n) is 10.9. The maximum absolute atomic E-state index is 7.30. The first kappa shape index (κ1) is 12.9. The summed E-state index contributed by atoms with van der Waals surface area (Å²) >= 11 is 0. The fourth-order valence-corrected chi connectivity index (χ4v) is 2.11. The minimum atomic E-state index is -0.0213. The van der Waals surface area contributed by atoms with Crippen LogP contribution in [0, 0.1) is 5.41 Å². The minimum Gasteiger partial charge on any atom is -0.491 e. The van der Waals surface area contributed by atoms with E-state index in [1.54, 1.807) is 12.1 Å². The molecule has 1 unspecified atom stereocenters. The molecule has 4 nitrogen and oxygen atoms in total. The smallest absolute Gasteiger partial charge is 0.122 e. The average molecular weight is 248 g/mol. The molecule has 1 fully saturated rings. The lowest BCUT2D eigenvalue weighted by atomic mass is 10.1. The standard InChI is InChI=1S/C14H20N2O2/c1-14(2)8-7-12(18-14)9-17-11-5-3-10(4-6-11)13(15)16/h3-6,12H,7-9H2,1-2H3,(H3,15,16). The third kappa shape index (κ3) is 3.23. The Hall–Kier alpha value is -1.55. The molecule has 1 saturated heterocycles. The lowest BCUT2D eigenvalue weighted by Gasteiger charge is -2.19. The van der Waals surface area contributed by atoms with E-state index >= 15 is 0 Å². The molecule has 0 bridgehead atoms. The van der Waals surface area contributed by atoms with Gasteiger partial charge in [-0.2, -0.15) is 0 Å². The van der Waals surface area contributed by atoms with Crippen molar-refractivity contribution in [2.75, 3.05) is 6.61 Å². The van der Waals surface area contributed by atoms with Gasteiger partial charge in [0.25, 0.3) is 0 Å². The summed E-state index contributed by atoms with van der Waals surface area (Å²) in [5.41, 5.74) is 6.08. The second-order valence-corrected chi connectivity index (χ2v) is 5.29. The zero-order valence-corrected chi connectivity index (χ0v) is 10.9. The van der Waals surface area contributed by atoms with Gasteiger partial charge in [-0.15, -0.1) is 0 Å². The summed E-state index contributed by atoms with van der Waals surface area (Å²) in [5, 5.41) is 7.30. The Morgan fingerprint density at radius 1 is 1.44 bits per heavy atom. The molecule has 2 rings (SSSR count). The number of ether oxygens (including phenoxy) is 2. The normalized spacial score (nSPS) is 21.8. The fourth-order valence-electron chi connectivity index (χ4n) is 2.11. The van der Waals surface area contributed by atoms with E-state index in [-0.39, 0.29) is 17.5 Å². The van der Waals surface area contributed by atoms with Crippen LogP contribution in [0.1, 0.15) is 32.3 Å². The van der Waals surface area contributed by atoms with Gasteiger partial charge in [0.1, 0.15) is 18.2 Å². The molecule has 0 amide bonds. The van der Waals surface area contributed by atoms with Crippen LogP contribution >= 0.6 is 0 Å². The van der Waals surface area contributed by atoms with Gasteiger partial charge < -0.3 is 15.2 Å². The van der Waals surface area contributed by atoms with Crippen LogP contribution in [0.4, 0.5) is 0 Å². The Labute approximate surface area is 108 Å². The highest BCUT2D eigenvalue weighted by molar-refractivity contribution is 5.94. The number of hydrogen-bond donors (Lipinski definition) is 2. The average Bonchev–Trinajstić information content (AvgIpc) is 2.67. The van der Waals surface area contributed by atoms with Crippen LogP contribution in [0.2, 0.25) is 0 Å². The van der Waals surface area contributed by atoms with E-state index in [1.165, 1.54) is 0 Å². The predicted molar refractivity (Wildman–Crippen MR) is 71.1 cm³/mol. The summed E-state index contributed by atoms with van der Waals surface area (Å²) in [7, 11) is 0. The summed E-state index contributed by atoms with van der Waals surface area (Å²) in [6.45, 7) is 4.78. The van der Waals surface area contributed by atoms with Crippen LogP contribution in [0.5, 0.6) is 5.75 Å². The van der Waals surface area contributed by atoms with Crippen molar-refractivity contribution < 1.29 is 9.47 Å². The Morgan fingerprint density at radius 3 is 2.61 bits per heavy atom. The summed E-state index contributed by atoms with van der Waals surface area (Å²) in [6.07, 6.45) is 2.29. The van der Waals surface area contributed by atoms with Gasteiger partial charge in [0.2, 0.25) is 0 Å². The maximum atomic E-state index is 7.30. The van der Waals surface area contributed by atoms with Crippen LogP contribution in [0.3, 0.4) is 0 Å². The number of benzene rings is 1. The molecule has 0 radical (unpaired) electrons. The Morgan fingerprint density at radius 2 is 2.11 bits per heavy atom. The summed E-state index contributed by atoms with van der Waals surface area (Å²) < 4.78 is 11.5. The van der Waals surface area contributed by atoms with E-state index in [9.17, 15) is 0 Å². The van der Waals surface area contributed by atoms with Crippen LogP contribution < -0.4 is 10.5 Å². The first-order chi connectivity index (χ1) is 8.46.